The number of hydrogen-bond acceptors (Lipinski definition) is 3. The molecule has 1 saturated carbocycles. The molecule has 22 heavy (non-hydrogen) atoms. The highest BCUT2D eigenvalue weighted by molar-refractivity contribution is 6.31. The number of carbonyl (C=O) groups is 1. The van der Waals surface area contributed by atoms with Gasteiger partial charge in [0, 0.05) is 28.8 Å². The summed E-state index contributed by atoms with van der Waals surface area (Å²) in [5.41, 5.74) is 1.36. The summed E-state index contributed by atoms with van der Waals surface area (Å²) in [6, 6.07) is 13.4. The smallest absolute Gasteiger partial charge is 0.271 e. The Kier molecular flexibility index (Phi) is 3.81. The molecule has 0 saturated heterocycles. The van der Waals surface area contributed by atoms with Crippen LogP contribution in [0.3, 0.4) is 0 Å². The van der Waals surface area contributed by atoms with E-state index in [0.29, 0.717) is 10.7 Å². The van der Waals surface area contributed by atoms with E-state index in [0.717, 1.165) is 12.0 Å². The van der Waals surface area contributed by atoms with Gasteiger partial charge in [-0.2, -0.15) is 0 Å². The molecule has 0 aliphatic heterocycles. The highest BCUT2D eigenvalue weighted by Crippen LogP contribution is 2.50. The molecular weight excluding hydrogens is 304 g/mol. The Labute approximate surface area is 132 Å². The van der Waals surface area contributed by atoms with Crippen molar-refractivity contribution in [2.24, 2.45) is 5.92 Å². The summed E-state index contributed by atoms with van der Waals surface area (Å²) < 4.78 is 0. The monoisotopic (exact) mass is 316 g/mol. The predicted molar refractivity (Wildman–Crippen MR) is 84.0 cm³/mol. The van der Waals surface area contributed by atoms with Gasteiger partial charge in [-0.15, -0.1) is 0 Å². The van der Waals surface area contributed by atoms with Gasteiger partial charge < -0.3 is 5.32 Å². The van der Waals surface area contributed by atoms with E-state index in [2.05, 4.69) is 5.32 Å². The summed E-state index contributed by atoms with van der Waals surface area (Å²) in [5.74, 6) is -0.156. The number of benzene rings is 2. The zero-order valence-electron chi connectivity index (χ0n) is 11.5. The molecule has 112 valence electrons. The molecule has 0 aromatic heterocycles. The van der Waals surface area contributed by atoms with Crippen molar-refractivity contribution in [3.05, 3.63) is 69.2 Å². The molecule has 3 rings (SSSR count). The molecule has 0 heterocycles. The Bertz CT molecular complexity index is 748. The van der Waals surface area contributed by atoms with Gasteiger partial charge in [0.2, 0.25) is 5.91 Å². The molecule has 1 amide bonds. The van der Waals surface area contributed by atoms with Gasteiger partial charge in [0.25, 0.3) is 5.69 Å². The fourth-order valence-electron chi connectivity index (χ4n) is 2.54. The molecule has 1 aliphatic rings. The van der Waals surface area contributed by atoms with Crippen LogP contribution in [0.1, 0.15) is 17.9 Å². The maximum atomic E-state index is 12.2. The molecule has 2 aromatic carbocycles. The van der Waals surface area contributed by atoms with E-state index in [1.54, 1.807) is 12.1 Å². The van der Waals surface area contributed by atoms with Gasteiger partial charge in [-0.05, 0) is 30.0 Å². The first-order valence-corrected chi connectivity index (χ1v) is 7.24. The lowest BCUT2D eigenvalue weighted by Gasteiger charge is -2.06. The minimum atomic E-state index is -0.487. The van der Waals surface area contributed by atoms with Crippen molar-refractivity contribution in [1.29, 1.82) is 0 Å². The molecule has 1 N–H and O–H groups in total. The van der Waals surface area contributed by atoms with Crippen molar-refractivity contribution in [2.45, 2.75) is 12.3 Å². The number of rotatable bonds is 4. The second-order valence-electron chi connectivity index (χ2n) is 5.27. The van der Waals surface area contributed by atoms with E-state index >= 15 is 0 Å². The lowest BCUT2D eigenvalue weighted by atomic mass is 10.1. The zero-order valence-corrected chi connectivity index (χ0v) is 12.3. The fraction of sp³-hybridized carbons (Fsp3) is 0.188. The third kappa shape index (κ3) is 2.94. The van der Waals surface area contributed by atoms with Gasteiger partial charge in [0.1, 0.15) is 0 Å². The molecule has 2 atom stereocenters. The summed E-state index contributed by atoms with van der Waals surface area (Å²) in [6.45, 7) is 0. The topological polar surface area (TPSA) is 72.2 Å². The first-order valence-electron chi connectivity index (χ1n) is 6.86. The highest BCUT2D eigenvalue weighted by atomic mass is 35.5. The number of nitro groups is 1. The predicted octanol–water partition coefficient (Wildman–Crippen LogP) is 3.99. The van der Waals surface area contributed by atoms with Gasteiger partial charge in [0.05, 0.1) is 4.92 Å². The molecule has 0 radical (unpaired) electrons. The Hall–Kier alpha value is -2.40. The fourth-order valence-corrected chi connectivity index (χ4v) is 2.81. The number of halogens is 1. The van der Waals surface area contributed by atoms with Crippen LogP contribution in [0.4, 0.5) is 11.4 Å². The molecule has 0 spiro atoms. The zero-order chi connectivity index (χ0) is 15.7. The third-order valence-electron chi connectivity index (χ3n) is 3.76. The summed E-state index contributed by atoms with van der Waals surface area (Å²) in [5, 5.41) is 14.1. The van der Waals surface area contributed by atoms with Crippen LogP contribution in [-0.2, 0) is 4.79 Å². The van der Waals surface area contributed by atoms with Crippen LogP contribution < -0.4 is 5.32 Å². The van der Waals surface area contributed by atoms with E-state index in [4.69, 9.17) is 11.6 Å². The van der Waals surface area contributed by atoms with E-state index in [9.17, 15) is 14.9 Å². The first kappa shape index (κ1) is 14.5. The van der Waals surface area contributed by atoms with Crippen LogP contribution in [0, 0.1) is 16.0 Å². The Balaban J connectivity index is 1.68. The normalized spacial score (nSPS) is 19.5. The minimum Gasteiger partial charge on any atom is -0.326 e. The van der Waals surface area contributed by atoms with E-state index in [1.807, 2.05) is 24.3 Å². The summed E-state index contributed by atoms with van der Waals surface area (Å²) in [4.78, 5) is 22.5. The number of hydrogen-bond donors (Lipinski definition) is 1. The highest BCUT2D eigenvalue weighted by Gasteiger charge is 2.44. The van der Waals surface area contributed by atoms with Crippen molar-refractivity contribution in [2.75, 3.05) is 5.32 Å². The Morgan fingerprint density at radius 1 is 1.23 bits per heavy atom. The quantitative estimate of drug-likeness (QED) is 0.684. The minimum absolute atomic E-state index is 0.0451. The maximum absolute atomic E-state index is 12.2. The number of nitro benzene ring substituents is 1. The lowest BCUT2D eigenvalue weighted by Crippen LogP contribution is -2.14. The average Bonchev–Trinajstić information content (AvgIpc) is 3.28. The molecule has 6 heteroatoms. The number of nitrogens with zero attached hydrogens (tertiary/aromatic N) is 1. The third-order valence-corrected chi connectivity index (χ3v) is 4.10. The average molecular weight is 317 g/mol. The van der Waals surface area contributed by atoms with Gasteiger partial charge in [-0.1, -0.05) is 35.9 Å². The summed E-state index contributed by atoms with van der Waals surface area (Å²) in [6.07, 6.45) is 0.741. The van der Waals surface area contributed by atoms with E-state index in [1.165, 1.54) is 12.1 Å². The molecule has 2 aromatic rings. The molecule has 2 unspecified atom stereocenters. The lowest BCUT2D eigenvalue weighted by molar-refractivity contribution is -0.384. The number of nitrogens with one attached hydrogen (secondary N) is 1. The Morgan fingerprint density at radius 3 is 2.73 bits per heavy atom. The number of amides is 1. The van der Waals surface area contributed by atoms with Crippen LogP contribution in [0.15, 0.2) is 48.5 Å². The van der Waals surface area contributed by atoms with Gasteiger partial charge >= 0.3 is 0 Å². The number of carbonyl (C=O) groups excluding carboxylic acids is 1. The Morgan fingerprint density at radius 2 is 2.00 bits per heavy atom. The van der Waals surface area contributed by atoms with Gasteiger partial charge in [0.15, 0.2) is 0 Å². The molecular formula is C16H13ClN2O3. The first-order chi connectivity index (χ1) is 10.6. The van der Waals surface area contributed by atoms with Crippen LogP contribution in [-0.4, -0.2) is 10.8 Å². The van der Waals surface area contributed by atoms with E-state index < -0.39 is 4.92 Å². The second kappa shape index (κ2) is 5.77. The van der Waals surface area contributed by atoms with Crippen molar-refractivity contribution < 1.29 is 9.72 Å². The van der Waals surface area contributed by atoms with Gasteiger partial charge in [-0.25, -0.2) is 0 Å². The largest absolute Gasteiger partial charge is 0.326 e. The van der Waals surface area contributed by atoms with E-state index in [-0.39, 0.29) is 23.4 Å². The van der Waals surface area contributed by atoms with Crippen LogP contribution in [0.5, 0.6) is 0 Å². The van der Waals surface area contributed by atoms with Crippen LogP contribution in [0.25, 0.3) is 0 Å². The maximum Gasteiger partial charge on any atom is 0.271 e. The standard InChI is InChI=1S/C16H13ClN2O3/c17-15-7-2-1-6-12(15)13-9-14(13)16(20)18-10-4-3-5-11(8-10)19(21)22/h1-8,13-14H,9H2,(H,18,20). The summed E-state index contributed by atoms with van der Waals surface area (Å²) >= 11 is 6.14. The second-order valence-corrected chi connectivity index (χ2v) is 5.67. The number of anilines is 1. The molecule has 5 nitrogen and oxygen atoms in total. The van der Waals surface area contributed by atoms with Crippen molar-refractivity contribution in [1.82, 2.24) is 0 Å². The molecule has 0 bridgehead atoms. The van der Waals surface area contributed by atoms with Crippen molar-refractivity contribution in [3.8, 4) is 0 Å². The molecule has 1 fully saturated rings. The number of non-ortho nitro benzene ring substituents is 1. The SMILES string of the molecule is O=C(Nc1cccc([N+](=O)[O-])c1)C1CC1c1ccccc1Cl. The molecule has 1 aliphatic carbocycles. The van der Waals surface area contributed by atoms with Crippen molar-refractivity contribution >= 4 is 28.9 Å². The van der Waals surface area contributed by atoms with Gasteiger partial charge in [-0.3, -0.25) is 14.9 Å². The van der Waals surface area contributed by atoms with Crippen molar-refractivity contribution in [3.63, 3.8) is 0 Å². The summed E-state index contributed by atoms with van der Waals surface area (Å²) in [7, 11) is 0. The van der Waals surface area contributed by atoms with Crippen LogP contribution in [0.2, 0.25) is 5.02 Å². The van der Waals surface area contributed by atoms with Crippen LogP contribution >= 0.6 is 11.6 Å².